The summed E-state index contributed by atoms with van der Waals surface area (Å²) in [6, 6.07) is 12.3. The Balaban J connectivity index is 1.92. The quantitative estimate of drug-likeness (QED) is 0.741. The highest BCUT2D eigenvalue weighted by Gasteiger charge is 2.20. The van der Waals surface area contributed by atoms with E-state index in [1.165, 1.54) is 11.8 Å². The Hall–Kier alpha value is -3.06. The van der Waals surface area contributed by atoms with E-state index < -0.39 is 5.91 Å². The summed E-state index contributed by atoms with van der Waals surface area (Å²) < 4.78 is 12.0. The van der Waals surface area contributed by atoms with Crippen LogP contribution in [0.1, 0.15) is 16.2 Å². The summed E-state index contributed by atoms with van der Waals surface area (Å²) in [4.78, 5) is 12.7. The number of hydrogen-bond donors (Lipinski definition) is 1. The van der Waals surface area contributed by atoms with E-state index in [9.17, 15) is 4.79 Å². The van der Waals surface area contributed by atoms with Crippen LogP contribution in [0.4, 0.5) is 5.69 Å². The molecule has 3 rings (SSSR count). The number of aromatic nitrogens is 3. The predicted molar refractivity (Wildman–Crippen MR) is 98.6 cm³/mol. The highest BCUT2D eigenvalue weighted by atomic mass is 35.5. The molecule has 0 bridgehead atoms. The van der Waals surface area contributed by atoms with Crippen molar-refractivity contribution < 1.29 is 14.3 Å². The summed E-state index contributed by atoms with van der Waals surface area (Å²) in [5.41, 5.74) is 1.88. The molecule has 8 heteroatoms. The maximum atomic E-state index is 12.7. The van der Waals surface area contributed by atoms with E-state index in [4.69, 9.17) is 21.1 Å². The zero-order valence-electron chi connectivity index (χ0n) is 14.5. The van der Waals surface area contributed by atoms with E-state index >= 15 is 0 Å². The van der Waals surface area contributed by atoms with Gasteiger partial charge < -0.3 is 14.8 Å². The highest BCUT2D eigenvalue weighted by molar-refractivity contribution is 6.32. The van der Waals surface area contributed by atoms with Gasteiger partial charge in [-0.3, -0.25) is 4.79 Å². The molecule has 0 radical (unpaired) electrons. The van der Waals surface area contributed by atoms with Gasteiger partial charge in [0.1, 0.15) is 11.5 Å². The molecule has 1 aromatic heterocycles. The number of rotatable bonds is 5. The molecular weight excluding hydrogens is 356 g/mol. The number of nitrogens with zero attached hydrogens (tertiary/aromatic N) is 3. The molecule has 0 aliphatic carbocycles. The SMILES string of the molecule is COc1ccc(OC)c(NC(=O)c2nnn(-c3ccccc3Cl)c2C)c1. The van der Waals surface area contributed by atoms with E-state index in [-0.39, 0.29) is 5.69 Å². The summed E-state index contributed by atoms with van der Waals surface area (Å²) in [5.74, 6) is 0.695. The number of nitrogens with one attached hydrogen (secondary N) is 1. The van der Waals surface area contributed by atoms with Gasteiger partial charge in [-0.25, -0.2) is 4.68 Å². The minimum atomic E-state index is -0.410. The van der Waals surface area contributed by atoms with Crippen molar-refractivity contribution >= 4 is 23.2 Å². The van der Waals surface area contributed by atoms with Crippen molar-refractivity contribution in [3.63, 3.8) is 0 Å². The number of para-hydroxylation sites is 1. The Morgan fingerprint density at radius 1 is 1.15 bits per heavy atom. The van der Waals surface area contributed by atoms with Crippen LogP contribution >= 0.6 is 11.6 Å². The molecule has 7 nitrogen and oxygen atoms in total. The number of anilines is 1. The molecule has 0 saturated carbocycles. The number of hydrogen-bond acceptors (Lipinski definition) is 5. The molecule has 1 amide bonds. The molecule has 0 atom stereocenters. The zero-order chi connectivity index (χ0) is 18.7. The molecule has 134 valence electrons. The molecule has 0 saturated heterocycles. The lowest BCUT2D eigenvalue weighted by atomic mass is 10.2. The van der Waals surface area contributed by atoms with Gasteiger partial charge in [-0.15, -0.1) is 5.10 Å². The first kappa shape index (κ1) is 17.8. The maximum Gasteiger partial charge on any atom is 0.278 e. The maximum absolute atomic E-state index is 12.7. The number of ether oxygens (including phenoxy) is 2. The van der Waals surface area contributed by atoms with Gasteiger partial charge >= 0.3 is 0 Å². The van der Waals surface area contributed by atoms with E-state index in [1.54, 1.807) is 44.4 Å². The number of amides is 1. The fourth-order valence-electron chi connectivity index (χ4n) is 2.48. The van der Waals surface area contributed by atoms with Crippen LogP contribution in [-0.2, 0) is 0 Å². The van der Waals surface area contributed by atoms with Crippen molar-refractivity contribution in [2.45, 2.75) is 6.92 Å². The van der Waals surface area contributed by atoms with Crippen molar-refractivity contribution in [3.8, 4) is 17.2 Å². The summed E-state index contributed by atoms with van der Waals surface area (Å²) in [6.07, 6.45) is 0. The Labute approximate surface area is 155 Å². The average Bonchev–Trinajstić information content (AvgIpc) is 3.03. The zero-order valence-corrected chi connectivity index (χ0v) is 15.2. The first-order valence-corrected chi connectivity index (χ1v) is 8.13. The van der Waals surface area contributed by atoms with E-state index in [0.717, 1.165) is 0 Å². The van der Waals surface area contributed by atoms with Gasteiger partial charge in [-0.1, -0.05) is 28.9 Å². The normalized spacial score (nSPS) is 10.5. The lowest BCUT2D eigenvalue weighted by molar-refractivity contribution is 0.102. The Kier molecular flexibility index (Phi) is 5.09. The molecule has 1 N–H and O–H groups in total. The van der Waals surface area contributed by atoms with Crippen molar-refractivity contribution in [2.24, 2.45) is 0 Å². The van der Waals surface area contributed by atoms with E-state index in [2.05, 4.69) is 15.6 Å². The molecule has 3 aromatic rings. The third-order valence-electron chi connectivity index (χ3n) is 3.85. The Bertz CT molecular complexity index is 955. The monoisotopic (exact) mass is 372 g/mol. The topological polar surface area (TPSA) is 78.3 Å². The molecule has 0 spiro atoms. The van der Waals surface area contributed by atoms with Crippen LogP contribution in [0, 0.1) is 6.92 Å². The standard InChI is InChI=1S/C18H17ClN4O3/c1-11-17(21-22-23(11)15-7-5-4-6-13(15)19)18(24)20-14-10-12(25-2)8-9-16(14)26-3/h4-10H,1-3H3,(H,20,24). The molecular formula is C18H17ClN4O3. The predicted octanol–water partition coefficient (Wildman–Crippen LogP) is 3.50. The Morgan fingerprint density at radius 3 is 2.62 bits per heavy atom. The molecule has 0 aliphatic rings. The fraction of sp³-hybridized carbons (Fsp3) is 0.167. The fourth-order valence-corrected chi connectivity index (χ4v) is 2.70. The van der Waals surface area contributed by atoms with Crippen molar-refractivity contribution in [2.75, 3.05) is 19.5 Å². The van der Waals surface area contributed by atoms with Gasteiger partial charge in [0.05, 0.1) is 36.3 Å². The summed E-state index contributed by atoms with van der Waals surface area (Å²) in [7, 11) is 3.07. The van der Waals surface area contributed by atoms with Crippen LogP contribution in [0.15, 0.2) is 42.5 Å². The van der Waals surface area contributed by atoms with Gasteiger partial charge in [0.2, 0.25) is 0 Å². The van der Waals surface area contributed by atoms with Crippen LogP contribution in [-0.4, -0.2) is 35.1 Å². The summed E-state index contributed by atoms with van der Waals surface area (Å²) >= 11 is 6.20. The second-order valence-electron chi connectivity index (χ2n) is 5.41. The van der Waals surface area contributed by atoms with Crippen LogP contribution in [0.25, 0.3) is 5.69 Å². The van der Waals surface area contributed by atoms with Crippen molar-refractivity contribution in [1.82, 2.24) is 15.0 Å². The second kappa shape index (κ2) is 7.45. The van der Waals surface area contributed by atoms with Crippen molar-refractivity contribution in [1.29, 1.82) is 0 Å². The van der Waals surface area contributed by atoms with Gasteiger partial charge in [-0.05, 0) is 31.2 Å². The van der Waals surface area contributed by atoms with Gasteiger partial charge in [0.25, 0.3) is 5.91 Å². The highest BCUT2D eigenvalue weighted by Crippen LogP contribution is 2.29. The molecule has 2 aromatic carbocycles. The largest absolute Gasteiger partial charge is 0.497 e. The minimum Gasteiger partial charge on any atom is -0.497 e. The molecule has 1 heterocycles. The van der Waals surface area contributed by atoms with Gasteiger partial charge in [0, 0.05) is 6.07 Å². The number of methoxy groups -OCH3 is 2. The van der Waals surface area contributed by atoms with Gasteiger partial charge in [-0.2, -0.15) is 0 Å². The number of benzene rings is 2. The summed E-state index contributed by atoms with van der Waals surface area (Å²) in [6.45, 7) is 1.75. The van der Waals surface area contributed by atoms with E-state index in [0.29, 0.717) is 33.6 Å². The van der Waals surface area contributed by atoms with Crippen LogP contribution < -0.4 is 14.8 Å². The number of carbonyl (C=O) groups excluding carboxylic acids is 1. The number of halogens is 1. The smallest absolute Gasteiger partial charge is 0.278 e. The summed E-state index contributed by atoms with van der Waals surface area (Å²) in [5, 5.41) is 11.3. The Morgan fingerprint density at radius 2 is 1.92 bits per heavy atom. The second-order valence-corrected chi connectivity index (χ2v) is 5.81. The van der Waals surface area contributed by atoms with Crippen molar-refractivity contribution in [3.05, 3.63) is 58.9 Å². The first-order valence-electron chi connectivity index (χ1n) is 7.75. The third-order valence-corrected chi connectivity index (χ3v) is 4.16. The molecule has 0 aliphatic heterocycles. The third kappa shape index (κ3) is 3.34. The number of carbonyl (C=O) groups is 1. The lowest BCUT2D eigenvalue weighted by Gasteiger charge is -2.11. The van der Waals surface area contributed by atoms with E-state index in [1.807, 2.05) is 12.1 Å². The molecule has 26 heavy (non-hydrogen) atoms. The molecule has 0 fully saturated rings. The molecule has 0 unspecified atom stereocenters. The average molecular weight is 373 g/mol. The van der Waals surface area contributed by atoms with Crippen LogP contribution in [0.3, 0.4) is 0 Å². The first-order chi connectivity index (χ1) is 12.5. The van der Waals surface area contributed by atoms with Gasteiger partial charge in [0.15, 0.2) is 5.69 Å². The van der Waals surface area contributed by atoms with Crippen LogP contribution in [0.5, 0.6) is 11.5 Å². The lowest BCUT2D eigenvalue weighted by Crippen LogP contribution is -2.15. The minimum absolute atomic E-state index is 0.190. The van der Waals surface area contributed by atoms with Crippen LogP contribution in [0.2, 0.25) is 5.02 Å².